The van der Waals surface area contributed by atoms with E-state index in [0.29, 0.717) is 38.7 Å². The smallest absolute Gasteiger partial charge is 0.195 e. The number of carbonyl (C=O) groups excluding carboxylic acids is 1. The highest BCUT2D eigenvalue weighted by molar-refractivity contribution is 6.34. The Kier molecular flexibility index (Phi) is 7.04. The van der Waals surface area contributed by atoms with E-state index >= 15 is 0 Å². The van der Waals surface area contributed by atoms with Crippen molar-refractivity contribution in [1.29, 1.82) is 0 Å². The number of nitrogens with zero attached hydrogens (tertiary/aromatic N) is 2. The standard InChI is InChI=1S/C27H27Cl2N5O/c1-16-4-2-3-5-22(16)25(35)23-14-31-26-24(23)27(33-15-32-26)34-21-8-6-20(7-9-21)30-13-17-10-18(28)12-19(29)11-17/h2-5,10-12,14-15,20-21,30H,6-9,13H2,1H3,(H2,31,32,33,34). The monoisotopic (exact) mass is 507 g/mol. The van der Waals surface area contributed by atoms with E-state index in [1.54, 1.807) is 12.3 Å². The van der Waals surface area contributed by atoms with Crippen molar-refractivity contribution in [3.8, 4) is 0 Å². The molecule has 0 spiro atoms. The molecule has 2 aromatic heterocycles. The van der Waals surface area contributed by atoms with Gasteiger partial charge in [-0.05, 0) is 61.9 Å². The summed E-state index contributed by atoms with van der Waals surface area (Å²) in [5, 5.41) is 9.28. The molecule has 180 valence electrons. The van der Waals surface area contributed by atoms with Gasteiger partial charge in [-0.25, -0.2) is 9.97 Å². The molecule has 4 aromatic rings. The fourth-order valence-electron chi connectivity index (χ4n) is 4.83. The molecule has 0 radical (unpaired) electrons. The second-order valence-corrected chi connectivity index (χ2v) is 10.0. The van der Waals surface area contributed by atoms with Crippen molar-refractivity contribution in [2.75, 3.05) is 5.32 Å². The highest BCUT2D eigenvalue weighted by Crippen LogP contribution is 2.29. The first-order valence-electron chi connectivity index (χ1n) is 11.8. The molecule has 0 aliphatic heterocycles. The number of carbonyl (C=O) groups is 1. The number of nitrogens with one attached hydrogen (secondary N) is 3. The van der Waals surface area contributed by atoms with Gasteiger partial charge >= 0.3 is 0 Å². The third kappa shape index (κ3) is 5.35. The number of rotatable bonds is 7. The van der Waals surface area contributed by atoms with Crippen molar-refractivity contribution in [2.45, 2.75) is 51.2 Å². The van der Waals surface area contributed by atoms with Gasteiger partial charge in [0.25, 0.3) is 0 Å². The molecule has 35 heavy (non-hydrogen) atoms. The molecule has 0 amide bonds. The normalized spacial score (nSPS) is 18.0. The van der Waals surface area contributed by atoms with Crippen LogP contribution in [0.2, 0.25) is 10.0 Å². The number of hydrogen-bond donors (Lipinski definition) is 3. The Morgan fingerprint density at radius 3 is 2.46 bits per heavy atom. The van der Waals surface area contributed by atoms with Gasteiger partial charge in [0.2, 0.25) is 0 Å². The van der Waals surface area contributed by atoms with Gasteiger partial charge in [-0.15, -0.1) is 0 Å². The first kappa shape index (κ1) is 23.8. The van der Waals surface area contributed by atoms with E-state index in [9.17, 15) is 4.79 Å². The summed E-state index contributed by atoms with van der Waals surface area (Å²) in [4.78, 5) is 25.3. The van der Waals surface area contributed by atoms with E-state index in [1.165, 1.54) is 6.33 Å². The third-order valence-corrected chi connectivity index (χ3v) is 7.13. The predicted molar refractivity (Wildman–Crippen MR) is 141 cm³/mol. The lowest BCUT2D eigenvalue weighted by Gasteiger charge is -2.30. The Morgan fingerprint density at radius 1 is 1.00 bits per heavy atom. The summed E-state index contributed by atoms with van der Waals surface area (Å²) in [5.74, 6) is 0.680. The topological polar surface area (TPSA) is 82.7 Å². The number of aromatic amines is 1. The summed E-state index contributed by atoms with van der Waals surface area (Å²) >= 11 is 12.2. The zero-order chi connectivity index (χ0) is 24.4. The Bertz CT molecular complexity index is 1340. The molecular formula is C27H27Cl2N5O. The Labute approximate surface area is 214 Å². The number of anilines is 1. The fraction of sp³-hybridized carbons (Fsp3) is 0.296. The largest absolute Gasteiger partial charge is 0.367 e. The van der Waals surface area contributed by atoms with E-state index < -0.39 is 0 Å². The lowest BCUT2D eigenvalue weighted by Crippen LogP contribution is -2.36. The lowest BCUT2D eigenvalue weighted by atomic mass is 9.91. The second kappa shape index (κ2) is 10.4. The molecule has 0 saturated heterocycles. The minimum Gasteiger partial charge on any atom is -0.367 e. The Balaban J connectivity index is 1.25. The maximum Gasteiger partial charge on any atom is 0.195 e. The molecule has 6 nitrogen and oxygen atoms in total. The highest BCUT2D eigenvalue weighted by Gasteiger charge is 2.24. The van der Waals surface area contributed by atoms with Gasteiger partial charge < -0.3 is 15.6 Å². The fourth-order valence-corrected chi connectivity index (χ4v) is 5.41. The van der Waals surface area contributed by atoms with Crippen LogP contribution in [-0.4, -0.2) is 32.8 Å². The van der Waals surface area contributed by atoms with Crippen molar-refractivity contribution in [3.05, 3.63) is 87.3 Å². The molecule has 0 unspecified atom stereocenters. The maximum absolute atomic E-state index is 13.3. The molecule has 5 rings (SSSR count). The number of hydrogen-bond acceptors (Lipinski definition) is 5. The quantitative estimate of drug-likeness (QED) is 0.255. The summed E-state index contributed by atoms with van der Waals surface area (Å²) in [7, 11) is 0. The number of fused-ring (bicyclic) bond motifs is 1. The molecule has 1 aliphatic carbocycles. The van der Waals surface area contributed by atoms with Crippen molar-refractivity contribution in [3.63, 3.8) is 0 Å². The van der Waals surface area contributed by atoms with Gasteiger partial charge in [-0.3, -0.25) is 4.79 Å². The number of aryl methyl sites for hydroxylation is 1. The molecule has 2 aromatic carbocycles. The highest BCUT2D eigenvalue weighted by atomic mass is 35.5. The van der Waals surface area contributed by atoms with Gasteiger partial charge in [-0.1, -0.05) is 47.5 Å². The van der Waals surface area contributed by atoms with Crippen molar-refractivity contribution < 1.29 is 4.79 Å². The van der Waals surface area contributed by atoms with Gasteiger partial charge in [0.05, 0.1) is 10.9 Å². The van der Waals surface area contributed by atoms with Crippen LogP contribution in [0.4, 0.5) is 5.82 Å². The molecule has 0 atom stereocenters. The van der Waals surface area contributed by atoms with Crippen LogP contribution in [0.1, 0.15) is 52.7 Å². The predicted octanol–water partition coefficient (Wildman–Crippen LogP) is 6.32. The average molecular weight is 508 g/mol. The summed E-state index contributed by atoms with van der Waals surface area (Å²) < 4.78 is 0. The minimum atomic E-state index is -0.0266. The summed E-state index contributed by atoms with van der Waals surface area (Å²) in [6, 6.07) is 14.0. The average Bonchev–Trinajstić information content (AvgIpc) is 3.28. The van der Waals surface area contributed by atoms with Crippen LogP contribution in [0.5, 0.6) is 0 Å². The van der Waals surface area contributed by atoms with Crippen LogP contribution in [0.3, 0.4) is 0 Å². The SMILES string of the molecule is Cc1ccccc1C(=O)c1c[nH]c2ncnc(NC3CCC(NCc4cc(Cl)cc(Cl)c4)CC3)c12. The van der Waals surface area contributed by atoms with Crippen molar-refractivity contribution in [2.24, 2.45) is 0 Å². The van der Waals surface area contributed by atoms with Crippen LogP contribution in [0.15, 0.2) is 55.0 Å². The van der Waals surface area contributed by atoms with Crippen LogP contribution in [0, 0.1) is 6.92 Å². The summed E-state index contributed by atoms with van der Waals surface area (Å²) in [5.41, 5.74) is 3.98. The number of aromatic nitrogens is 3. The minimum absolute atomic E-state index is 0.0266. The van der Waals surface area contributed by atoms with Crippen LogP contribution < -0.4 is 10.6 Å². The first-order valence-corrected chi connectivity index (χ1v) is 12.6. The number of ketones is 1. The van der Waals surface area contributed by atoms with E-state index in [1.807, 2.05) is 43.3 Å². The molecule has 1 saturated carbocycles. The molecule has 1 fully saturated rings. The van der Waals surface area contributed by atoms with Gasteiger partial charge in [-0.2, -0.15) is 0 Å². The van der Waals surface area contributed by atoms with Gasteiger partial charge in [0.15, 0.2) is 5.78 Å². The lowest BCUT2D eigenvalue weighted by molar-refractivity contribution is 0.103. The Hall–Kier alpha value is -2.93. The Morgan fingerprint density at radius 2 is 1.71 bits per heavy atom. The summed E-state index contributed by atoms with van der Waals surface area (Å²) in [6.07, 6.45) is 7.37. The van der Waals surface area contributed by atoms with Gasteiger partial charge in [0.1, 0.15) is 17.8 Å². The molecule has 1 aliphatic rings. The zero-order valence-corrected chi connectivity index (χ0v) is 21.0. The van der Waals surface area contributed by atoms with Crippen molar-refractivity contribution >= 4 is 45.8 Å². The maximum atomic E-state index is 13.3. The van der Waals surface area contributed by atoms with E-state index in [4.69, 9.17) is 23.2 Å². The van der Waals surface area contributed by atoms with Crippen LogP contribution in [-0.2, 0) is 6.54 Å². The number of H-pyrrole nitrogens is 1. The zero-order valence-electron chi connectivity index (χ0n) is 19.4. The van der Waals surface area contributed by atoms with Crippen LogP contribution in [0.25, 0.3) is 11.0 Å². The van der Waals surface area contributed by atoms with E-state index in [0.717, 1.165) is 48.7 Å². The molecular weight excluding hydrogens is 481 g/mol. The molecule has 0 bridgehead atoms. The molecule has 3 N–H and O–H groups in total. The summed E-state index contributed by atoms with van der Waals surface area (Å²) in [6.45, 7) is 2.69. The van der Waals surface area contributed by atoms with Crippen LogP contribution >= 0.6 is 23.2 Å². The van der Waals surface area contributed by atoms with Gasteiger partial charge in [0, 0.05) is 40.4 Å². The molecule has 2 heterocycles. The third-order valence-electron chi connectivity index (χ3n) is 6.69. The molecule has 8 heteroatoms. The number of benzene rings is 2. The van der Waals surface area contributed by atoms with Crippen molar-refractivity contribution in [1.82, 2.24) is 20.3 Å². The first-order chi connectivity index (χ1) is 17.0. The van der Waals surface area contributed by atoms with E-state index in [-0.39, 0.29) is 11.8 Å². The second-order valence-electron chi connectivity index (χ2n) is 9.14. The van der Waals surface area contributed by atoms with E-state index in [2.05, 4.69) is 25.6 Å². The number of halogens is 2.